The van der Waals surface area contributed by atoms with E-state index in [1.165, 1.54) is 13.1 Å². The zero-order chi connectivity index (χ0) is 13.9. The van der Waals surface area contributed by atoms with E-state index in [0.29, 0.717) is 30.6 Å². The highest BCUT2D eigenvalue weighted by Gasteiger charge is 2.16. The normalized spacial score (nSPS) is 11.9. The van der Waals surface area contributed by atoms with Crippen molar-refractivity contribution < 1.29 is 17.4 Å². The van der Waals surface area contributed by atoms with Crippen molar-refractivity contribution in [2.45, 2.75) is 25.1 Å². The Hall–Kier alpha value is -1.71. The van der Waals surface area contributed by atoms with Gasteiger partial charge in [0.1, 0.15) is 5.76 Å². The van der Waals surface area contributed by atoms with Gasteiger partial charge in [-0.1, -0.05) is 5.16 Å². The number of hydrogen-bond acceptors (Lipinski definition) is 7. The van der Waals surface area contributed by atoms with E-state index >= 15 is 0 Å². The van der Waals surface area contributed by atoms with Crippen LogP contribution in [0.4, 0.5) is 0 Å². The second-order valence-corrected chi connectivity index (χ2v) is 5.58. The molecule has 2 aromatic rings. The zero-order valence-corrected chi connectivity index (χ0v) is 11.3. The standard InChI is InChI=1S/C10H14N4O4S/c1-7-13-9(18-14-7)6-12-5-8-3-4-10(17-8)19(15,16)11-2/h3-4,11-12H,5-6H2,1-2H3. The molecule has 0 atom stereocenters. The molecule has 19 heavy (non-hydrogen) atoms. The van der Waals surface area contributed by atoms with Gasteiger partial charge in [0.25, 0.3) is 10.0 Å². The third kappa shape index (κ3) is 3.40. The first-order valence-electron chi connectivity index (χ1n) is 5.53. The van der Waals surface area contributed by atoms with Crippen molar-refractivity contribution in [2.75, 3.05) is 7.05 Å². The van der Waals surface area contributed by atoms with Crippen LogP contribution in [0.15, 0.2) is 26.2 Å². The van der Waals surface area contributed by atoms with Gasteiger partial charge in [-0.15, -0.1) is 0 Å². The van der Waals surface area contributed by atoms with E-state index in [9.17, 15) is 8.42 Å². The van der Waals surface area contributed by atoms with Crippen LogP contribution in [0.2, 0.25) is 0 Å². The topological polar surface area (TPSA) is 110 Å². The Labute approximate surface area is 110 Å². The monoisotopic (exact) mass is 286 g/mol. The quantitative estimate of drug-likeness (QED) is 0.778. The van der Waals surface area contributed by atoms with Gasteiger partial charge in [0.05, 0.1) is 13.1 Å². The molecule has 8 nitrogen and oxygen atoms in total. The summed E-state index contributed by atoms with van der Waals surface area (Å²) in [7, 11) is -2.21. The van der Waals surface area contributed by atoms with E-state index in [1.807, 2.05) is 0 Å². The van der Waals surface area contributed by atoms with Gasteiger partial charge in [-0.3, -0.25) is 0 Å². The van der Waals surface area contributed by atoms with Crippen LogP contribution in [-0.4, -0.2) is 25.6 Å². The highest BCUT2D eigenvalue weighted by molar-refractivity contribution is 7.89. The van der Waals surface area contributed by atoms with Crippen LogP contribution in [0.3, 0.4) is 0 Å². The molecule has 2 heterocycles. The number of furan rings is 1. The maximum Gasteiger partial charge on any atom is 0.273 e. The Bertz CT molecular complexity index is 646. The summed E-state index contributed by atoms with van der Waals surface area (Å²) < 4.78 is 35.2. The van der Waals surface area contributed by atoms with Crippen molar-refractivity contribution in [3.05, 3.63) is 29.6 Å². The van der Waals surface area contributed by atoms with Crippen molar-refractivity contribution in [2.24, 2.45) is 0 Å². The summed E-state index contributed by atoms with van der Waals surface area (Å²) in [6, 6.07) is 3.00. The molecule has 0 aromatic carbocycles. The molecule has 2 aromatic heterocycles. The Balaban J connectivity index is 1.90. The van der Waals surface area contributed by atoms with E-state index in [0.717, 1.165) is 0 Å². The van der Waals surface area contributed by atoms with Crippen molar-refractivity contribution in [3.63, 3.8) is 0 Å². The molecule has 0 amide bonds. The number of aryl methyl sites for hydroxylation is 1. The molecular formula is C10H14N4O4S. The molecule has 0 radical (unpaired) electrons. The lowest BCUT2D eigenvalue weighted by Gasteiger charge is -1.99. The molecule has 0 saturated carbocycles. The molecule has 0 unspecified atom stereocenters. The SMILES string of the molecule is CNS(=O)(=O)c1ccc(CNCc2nc(C)no2)o1. The minimum absolute atomic E-state index is 0.111. The first-order valence-corrected chi connectivity index (χ1v) is 7.02. The molecule has 0 aliphatic heterocycles. The van der Waals surface area contributed by atoms with Crippen molar-refractivity contribution in [3.8, 4) is 0 Å². The van der Waals surface area contributed by atoms with Crippen LogP contribution >= 0.6 is 0 Å². The van der Waals surface area contributed by atoms with Crippen molar-refractivity contribution >= 4 is 10.0 Å². The van der Waals surface area contributed by atoms with Crippen LogP contribution in [0.5, 0.6) is 0 Å². The maximum atomic E-state index is 11.5. The maximum absolute atomic E-state index is 11.5. The Morgan fingerprint density at radius 1 is 1.32 bits per heavy atom. The Morgan fingerprint density at radius 3 is 2.74 bits per heavy atom. The molecule has 9 heteroatoms. The van der Waals surface area contributed by atoms with Gasteiger partial charge in [0.15, 0.2) is 5.82 Å². The second kappa shape index (κ2) is 5.51. The molecule has 0 aliphatic rings. The fourth-order valence-corrected chi connectivity index (χ4v) is 2.07. The molecule has 2 N–H and O–H groups in total. The molecule has 0 fully saturated rings. The lowest BCUT2D eigenvalue weighted by molar-refractivity contribution is 0.355. The summed E-state index contributed by atoms with van der Waals surface area (Å²) in [5.41, 5.74) is 0. The van der Waals surface area contributed by atoms with Gasteiger partial charge >= 0.3 is 0 Å². The highest BCUT2D eigenvalue weighted by atomic mass is 32.2. The summed E-state index contributed by atoms with van der Waals surface area (Å²) in [6.07, 6.45) is 0. The van der Waals surface area contributed by atoms with Crippen molar-refractivity contribution in [1.29, 1.82) is 0 Å². The number of rotatable bonds is 6. The molecule has 0 saturated heterocycles. The largest absolute Gasteiger partial charge is 0.447 e. The Morgan fingerprint density at radius 2 is 2.11 bits per heavy atom. The van der Waals surface area contributed by atoms with E-state index in [2.05, 4.69) is 20.2 Å². The third-order valence-corrected chi connectivity index (χ3v) is 3.60. The van der Waals surface area contributed by atoms with Crippen LogP contribution in [0, 0.1) is 6.92 Å². The van der Waals surface area contributed by atoms with Gasteiger partial charge in [-0.05, 0) is 26.1 Å². The number of hydrogen-bond donors (Lipinski definition) is 2. The lowest BCUT2D eigenvalue weighted by atomic mass is 10.4. The van der Waals surface area contributed by atoms with Crippen LogP contribution in [0.1, 0.15) is 17.5 Å². The minimum Gasteiger partial charge on any atom is -0.447 e. The molecule has 0 spiro atoms. The average Bonchev–Trinajstić information content (AvgIpc) is 2.99. The molecule has 104 valence electrons. The zero-order valence-electron chi connectivity index (χ0n) is 10.5. The van der Waals surface area contributed by atoms with Gasteiger partial charge < -0.3 is 14.3 Å². The summed E-state index contributed by atoms with van der Waals surface area (Å²) in [4.78, 5) is 4.02. The average molecular weight is 286 g/mol. The molecule has 2 rings (SSSR count). The van der Waals surface area contributed by atoms with E-state index < -0.39 is 10.0 Å². The van der Waals surface area contributed by atoms with Crippen LogP contribution in [0.25, 0.3) is 0 Å². The lowest BCUT2D eigenvalue weighted by Crippen LogP contribution is -2.17. The molecular weight excluding hydrogens is 272 g/mol. The number of sulfonamides is 1. The summed E-state index contributed by atoms with van der Waals surface area (Å²) in [5.74, 6) is 1.54. The minimum atomic E-state index is -3.54. The van der Waals surface area contributed by atoms with Crippen LogP contribution < -0.4 is 10.0 Å². The van der Waals surface area contributed by atoms with E-state index in [1.54, 1.807) is 13.0 Å². The van der Waals surface area contributed by atoms with Gasteiger partial charge in [-0.25, -0.2) is 13.1 Å². The first-order chi connectivity index (χ1) is 9.01. The summed E-state index contributed by atoms with van der Waals surface area (Å²) in [5, 5.41) is 6.55. The number of aromatic nitrogens is 2. The smallest absolute Gasteiger partial charge is 0.273 e. The van der Waals surface area contributed by atoms with Gasteiger partial charge in [0, 0.05) is 0 Å². The van der Waals surface area contributed by atoms with Gasteiger partial charge in [0.2, 0.25) is 11.0 Å². The number of nitrogens with one attached hydrogen (secondary N) is 2. The van der Waals surface area contributed by atoms with E-state index in [-0.39, 0.29) is 5.09 Å². The van der Waals surface area contributed by atoms with Gasteiger partial charge in [-0.2, -0.15) is 4.98 Å². The highest BCUT2D eigenvalue weighted by Crippen LogP contribution is 2.13. The fourth-order valence-electron chi connectivity index (χ4n) is 1.40. The summed E-state index contributed by atoms with van der Waals surface area (Å²) in [6.45, 7) is 2.48. The van der Waals surface area contributed by atoms with Crippen LogP contribution in [-0.2, 0) is 23.1 Å². The first kappa shape index (κ1) is 13.7. The predicted molar refractivity (Wildman–Crippen MR) is 64.5 cm³/mol. The Kier molecular flexibility index (Phi) is 3.98. The predicted octanol–water partition coefficient (Wildman–Crippen LogP) is 0.169. The fraction of sp³-hybridized carbons (Fsp3) is 0.400. The third-order valence-electron chi connectivity index (χ3n) is 2.32. The second-order valence-electron chi connectivity index (χ2n) is 3.77. The molecule has 0 aliphatic carbocycles. The molecule has 0 bridgehead atoms. The van der Waals surface area contributed by atoms with E-state index in [4.69, 9.17) is 8.94 Å². The summed E-state index contributed by atoms with van der Waals surface area (Å²) >= 11 is 0. The number of nitrogens with zero attached hydrogens (tertiary/aromatic N) is 2. The van der Waals surface area contributed by atoms with Crippen molar-refractivity contribution in [1.82, 2.24) is 20.2 Å².